The summed E-state index contributed by atoms with van der Waals surface area (Å²) in [5, 5.41) is 4.95. The van der Waals surface area contributed by atoms with Crippen molar-refractivity contribution in [2.75, 3.05) is 37.4 Å². The fourth-order valence-corrected chi connectivity index (χ4v) is 4.60. The highest BCUT2D eigenvalue weighted by Crippen LogP contribution is 2.30. The van der Waals surface area contributed by atoms with Crippen LogP contribution in [0.25, 0.3) is 10.8 Å². The standard InChI is InChI=1S/C30H27N3O3/c1-32(2)24-15-13-21(14-16-24)28(34)22-9-3-10-23(19-22)31-17-6-18-33-29(35)25-11-4-7-20-8-5-12-26(27(20)25)30(33)36/h3-5,7-16,19,31H,6,17-18H2,1-2H3. The number of anilines is 2. The average Bonchev–Trinajstić information content (AvgIpc) is 2.91. The molecule has 180 valence electrons. The monoisotopic (exact) mass is 477 g/mol. The first-order valence-corrected chi connectivity index (χ1v) is 12.0. The number of nitrogens with one attached hydrogen (secondary N) is 1. The van der Waals surface area contributed by atoms with Crippen LogP contribution in [-0.2, 0) is 0 Å². The van der Waals surface area contributed by atoms with Gasteiger partial charge in [-0.25, -0.2) is 0 Å². The Kier molecular flexibility index (Phi) is 6.25. The molecule has 1 aliphatic heterocycles. The van der Waals surface area contributed by atoms with Crippen molar-refractivity contribution in [2.24, 2.45) is 0 Å². The molecule has 6 nitrogen and oxygen atoms in total. The summed E-state index contributed by atoms with van der Waals surface area (Å²) >= 11 is 0. The number of ketones is 1. The number of carbonyl (C=O) groups is 3. The van der Waals surface area contributed by atoms with Crippen LogP contribution in [0.3, 0.4) is 0 Å². The van der Waals surface area contributed by atoms with Gasteiger partial charge in [0.1, 0.15) is 0 Å². The molecule has 1 N–H and O–H groups in total. The summed E-state index contributed by atoms with van der Waals surface area (Å²) in [6.07, 6.45) is 0.583. The number of rotatable bonds is 8. The molecule has 5 rings (SSSR count). The molecule has 36 heavy (non-hydrogen) atoms. The molecule has 0 bridgehead atoms. The van der Waals surface area contributed by atoms with E-state index in [4.69, 9.17) is 0 Å². The zero-order valence-corrected chi connectivity index (χ0v) is 20.3. The Labute approximate surface area is 210 Å². The minimum absolute atomic E-state index is 0.0405. The molecule has 2 amide bonds. The summed E-state index contributed by atoms with van der Waals surface area (Å²) in [5.41, 5.74) is 4.23. The zero-order valence-electron chi connectivity index (χ0n) is 20.3. The largest absolute Gasteiger partial charge is 0.385 e. The van der Waals surface area contributed by atoms with E-state index in [0.29, 0.717) is 41.8 Å². The van der Waals surface area contributed by atoms with E-state index >= 15 is 0 Å². The quantitative estimate of drug-likeness (QED) is 0.214. The first kappa shape index (κ1) is 23.3. The Morgan fingerprint density at radius 2 is 1.44 bits per heavy atom. The average molecular weight is 478 g/mol. The van der Waals surface area contributed by atoms with Crippen LogP contribution in [0.1, 0.15) is 43.1 Å². The van der Waals surface area contributed by atoms with Gasteiger partial charge in [-0.2, -0.15) is 0 Å². The molecule has 0 fully saturated rings. The number of carbonyl (C=O) groups excluding carboxylic acids is 3. The molecule has 0 aliphatic carbocycles. The van der Waals surface area contributed by atoms with Crippen LogP contribution in [0.2, 0.25) is 0 Å². The van der Waals surface area contributed by atoms with E-state index in [0.717, 1.165) is 22.1 Å². The van der Waals surface area contributed by atoms with Gasteiger partial charge in [0.15, 0.2) is 5.78 Å². The molecule has 0 spiro atoms. The van der Waals surface area contributed by atoms with Crippen molar-refractivity contribution in [1.82, 2.24) is 4.90 Å². The van der Waals surface area contributed by atoms with Gasteiger partial charge in [0, 0.05) is 66.2 Å². The molecular weight excluding hydrogens is 450 g/mol. The molecule has 0 saturated heterocycles. The molecule has 0 saturated carbocycles. The molecular formula is C30H27N3O3. The molecule has 0 atom stereocenters. The maximum atomic E-state index is 13.0. The van der Waals surface area contributed by atoms with Gasteiger partial charge in [-0.05, 0) is 60.3 Å². The molecule has 0 aromatic heterocycles. The topological polar surface area (TPSA) is 69.7 Å². The smallest absolute Gasteiger partial charge is 0.261 e. The van der Waals surface area contributed by atoms with E-state index < -0.39 is 0 Å². The van der Waals surface area contributed by atoms with Gasteiger partial charge < -0.3 is 10.2 Å². The van der Waals surface area contributed by atoms with Crippen LogP contribution >= 0.6 is 0 Å². The second-order valence-corrected chi connectivity index (χ2v) is 9.10. The number of benzene rings is 4. The summed E-state index contributed by atoms with van der Waals surface area (Å²) in [5.74, 6) is -0.546. The molecule has 4 aromatic carbocycles. The van der Waals surface area contributed by atoms with Crippen LogP contribution in [-0.4, -0.2) is 49.7 Å². The lowest BCUT2D eigenvalue weighted by Gasteiger charge is -2.27. The van der Waals surface area contributed by atoms with E-state index in [-0.39, 0.29) is 17.6 Å². The lowest BCUT2D eigenvalue weighted by molar-refractivity contribution is 0.0610. The first-order valence-electron chi connectivity index (χ1n) is 12.0. The third-order valence-corrected chi connectivity index (χ3v) is 6.51. The van der Waals surface area contributed by atoms with Crippen molar-refractivity contribution in [1.29, 1.82) is 0 Å². The normalized spacial score (nSPS) is 12.7. The highest BCUT2D eigenvalue weighted by molar-refractivity contribution is 6.25. The SMILES string of the molecule is CN(C)c1ccc(C(=O)c2cccc(NCCCN3C(=O)c4cccc5cccc(c45)C3=O)c2)cc1. The van der Waals surface area contributed by atoms with Crippen molar-refractivity contribution in [3.8, 4) is 0 Å². The van der Waals surface area contributed by atoms with Crippen LogP contribution in [0.15, 0.2) is 84.9 Å². The van der Waals surface area contributed by atoms with Crippen molar-refractivity contribution < 1.29 is 14.4 Å². The first-order chi connectivity index (χ1) is 17.4. The summed E-state index contributed by atoms with van der Waals surface area (Å²) in [6.45, 7) is 0.865. The maximum Gasteiger partial charge on any atom is 0.261 e. The van der Waals surface area contributed by atoms with Crippen molar-refractivity contribution in [3.63, 3.8) is 0 Å². The van der Waals surface area contributed by atoms with Crippen LogP contribution < -0.4 is 10.2 Å². The van der Waals surface area contributed by atoms with Crippen molar-refractivity contribution in [2.45, 2.75) is 6.42 Å². The third kappa shape index (κ3) is 4.33. The summed E-state index contributed by atoms with van der Waals surface area (Å²) in [7, 11) is 3.92. The number of amides is 2. The lowest BCUT2D eigenvalue weighted by atomic mass is 9.94. The molecule has 1 aliphatic rings. The maximum absolute atomic E-state index is 13.0. The van der Waals surface area contributed by atoms with Gasteiger partial charge in [0.25, 0.3) is 11.8 Å². The summed E-state index contributed by atoms with van der Waals surface area (Å²) in [6, 6.07) is 26.0. The molecule has 0 unspecified atom stereocenters. The fraction of sp³-hybridized carbons (Fsp3) is 0.167. The van der Waals surface area contributed by atoms with Crippen LogP contribution in [0.4, 0.5) is 11.4 Å². The Morgan fingerprint density at radius 1 is 0.806 bits per heavy atom. The van der Waals surface area contributed by atoms with Gasteiger partial charge in [0.2, 0.25) is 0 Å². The van der Waals surface area contributed by atoms with Crippen LogP contribution in [0.5, 0.6) is 0 Å². The highest BCUT2D eigenvalue weighted by atomic mass is 16.2. The Bertz CT molecular complexity index is 1420. The number of hydrogen-bond donors (Lipinski definition) is 1. The molecule has 4 aromatic rings. The van der Waals surface area contributed by atoms with Gasteiger partial charge in [-0.15, -0.1) is 0 Å². The highest BCUT2D eigenvalue weighted by Gasteiger charge is 2.32. The van der Waals surface area contributed by atoms with Gasteiger partial charge in [-0.1, -0.05) is 36.4 Å². The second kappa shape index (κ2) is 9.66. The predicted molar refractivity (Wildman–Crippen MR) is 143 cm³/mol. The Morgan fingerprint density at radius 3 is 2.08 bits per heavy atom. The number of nitrogens with zero attached hydrogens (tertiary/aromatic N) is 2. The zero-order chi connectivity index (χ0) is 25.2. The van der Waals surface area contributed by atoms with Gasteiger partial charge >= 0.3 is 0 Å². The van der Waals surface area contributed by atoms with Gasteiger partial charge in [-0.3, -0.25) is 19.3 Å². The second-order valence-electron chi connectivity index (χ2n) is 9.10. The van der Waals surface area contributed by atoms with E-state index in [1.165, 1.54) is 4.90 Å². The number of imide groups is 1. The van der Waals surface area contributed by atoms with E-state index in [2.05, 4.69) is 5.32 Å². The van der Waals surface area contributed by atoms with Crippen molar-refractivity contribution >= 4 is 39.7 Å². The van der Waals surface area contributed by atoms with E-state index in [9.17, 15) is 14.4 Å². The Hall–Kier alpha value is -4.45. The molecule has 0 radical (unpaired) electrons. The van der Waals surface area contributed by atoms with Crippen molar-refractivity contribution in [3.05, 3.63) is 107 Å². The van der Waals surface area contributed by atoms with Crippen LogP contribution in [0, 0.1) is 0 Å². The Balaban J connectivity index is 1.22. The minimum atomic E-state index is -0.253. The molecule has 6 heteroatoms. The van der Waals surface area contributed by atoms with E-state index in [1.54, 1.807) is 18.2 Å². The third-order valence-electron chi connectivity index (χ3n) is 6.51. The predicted octanol–water partition coefficient (Wildman–Crippen LogP) is 5.24. The lowest BCUT2D eigenvalue weighted by Crippen LogP contribution is -2.41. The molecule has 1 heterocycles. The summed E-state index contributed by atoms with van der Waals surface area (Å²) in [4.78, 5) is 42.3. The number of hydrogen-bond acceptors (Lipinski definition) is 5. The summed E-state index contributed by atoms with van der Waals surface area (Å²) < 4.78 is 0. The van der Waals surface area contributed by atoms with E-state index in [1.807, 2.05) is 85.7 Å². The fourth-order valence-electron chi connectivity index (χ4n) is 4.60. The minimum Gasteiger partial charge on any atom is -0.385 e. The van der Waals surface area contributed by atoms with Gasteiger partial charge in [0.05, 0.1) is 0 Å².